The van der Waals surface area contributed by atoms with Crippen LogP contribution in [-0.4, -0.2) is 24.5 Å². The molecule has 0 radical (unpaired) electrons. The van der Waals surface area contributed by atoms with E-state index >= 15 is 0 Å². The van der Waals surface area contributed by atoms with Crippen LogP contribution in [0.2, 0.25) is 0 Å². The summed E-state index contributed by atoms with van der Waals surface area (Å²) >= 11 is 0. The predicted molar refractivity (Wildman–Crippen MR) is 68.3 cm³/mol. The van der Waals surface area contributed by atoms with Crippen LogP contribution in [0.1, 0.15) is 11.1 Å². The van der Waals surface area contributed by atoms with Gasteiger partial charge in [-0.2, -0.15) is 0 Å². The number of hydrogen-bond donors (Lipinski definition) is 1. The van der Waals surface area contributed by atoms with Gasteiger partial charge in [-0.05, 0) is 12.5 Å². The molecule has 1 aromatic rings. The molecule has 2 N–H and O–H groups in total. The van der Waals surface area contributed by atoms with E-state index in [4.69, 9.17) is 10.5 Å². The van der Waals surface area contributed by atoms with Gasteiger partial charge < -0.3 is 15.4 Å². The Hall–Kier alpha value is -1.88. The van der Waals surface area contributed by atoms with E-state index < -0.39 is 12.2 Å². The minimum atomic E-state index is -0.578. The van der Waals surface area contributed by atoms with Gasteiger partial charge in [0.05, 0.1) is 12.8 Å². The predicted octanol–water partition coefficient (Wildman–Crippen LogP) is 1.91. The summed E-state index contributed by atoms with van der Waals surface area (Å²) in [6, 6.07) is 8.00. The minimum Gasteiger partial charge on any atom is -0.383 e. The molecule has 0 spiro atoms. The summed E-state index contributed by atoms with van der Waals surface area (Å²) in [5.41, 5.74) is 7.80. The Morgan fingerprint density at radius 2 is 2.06 bits per heavy atom. The van der Waals surface area contributed by atoms with Crippen molar-refractivity contribution in [2.75, 3.05) is 7.05 Å². The van der Waals surface area contributed by atoms with Crippen LogP contribution < -0.4 is 5.73 Å². The van der Waals surface area contributed by atoms with Crippen LogP contribution in [-0.2, 0) is 11.3 Å². The van der Waals surface area contributed by atoms with Gasteiger partial charge in [-0.1, -0.05) is 29.8 Å². The Labute approximate surface area is 106 Å². The van der Waals surface area contributed by atoms with Crippen molar-refractivity contribution in [1.82, 2.24) is 4.90 Å². The molecule has 18 heavy (non-hydrogen) atoms. The van der Waals surface area contributed by atoms with Gasteiger partial charge in [0.1, 0.15) is 5.82 Å². The SMILES string of the molecule is Cc1ccc(COC2N=CC(F)=C(N)N2C)cc1. The van der Waals surface area contributed by atoms with E-state index in [0.717, 1.165) is 11.8 Å². The molecular formula is C13H16FN3O. The third kappa shape index (κ3) is 2.68. The lowest BCUT2D eigenvalue weighted by Crippen LogP contribution is -2.38. The zero-order chi connectivity index (χ0) is 13.1. The van der Waals surface area contributed by atoms with E-state index in [9.17, 15) is 4.39 Å². The van der Waals surface area contributed by atoms with Crippen LogP contribution >= 0.6 is 0 Å². The average molecular weight is 249 g/mol. The monoisotopic (exact) mass is 249 g/mol. The number of nitrogens with two attached hydrogens (primary N) is 1. The molecule has 2 rings (SSSR count). The Kier molecular flexibility index (Phi) is 3.62. The zero-order valence-corrected chi connectivity index (χ0v) is 10.4. The lowest BCUT2D eigenvalue weighted by molar-refractivity contribution is -0.0388. The molecule has 1 aliphatic heterocycles. The highest BCUT2D eigenvalue weighted by Crippen LogP contribution is 2.16. The van der Waals surface area contributed by atoms with Gasteiger partial charge in [0, 0.05) is 7.05 Å². The molecule has 4 nitrogen and oxygen atoms in total. The molecule has 5 heteroatoms. The van der Waals surface area contributed by atoms with Gasteiger partial charge in [-0.3, -0.25) is 0 Å². The van der Waals surface area contributed by atoms with Crippen molar-refractivity contribution in [3.8, 4) is 0 Å². The molecule has 96 valence electrons. The highest BCUT2D eigenvalue weighted by Gasteiger charge is 2.21. The summed E-state index contributed by atoms with van der Waals surface area (Å²) in [6.07, 6.45) is 0.514. The van der Waals surface area contributed by atoms with Crippen molar-refractivity contribution in [3.63, 3.8) is 0 Å². The summed E-state index contributed by atoms with van der Waals surface area (Å²) in [7, 11) is 1.64. The van der Waals surface area contributed by atoms with Crippen LogP contribution in [0.3, 0.4) is 0 Å². The van der Waals surface area contributed by atoms with Gasteiger partial charge >= 0.3 is 0 Å². The van der Waals surface area contributed by atoms with Gasteiger partial charge in [0.15, 0.2) is 5.83 Å². The van der Waals surface area contributed by atoms with Crippen molar-refractivity contribution < 1.29 is 9.13 Å². The Morgan fingerprint density at radius 1 is 1.39 bits per heavy atom. The third-order valence-electron chi connectivity index (χ3n) is 2.79. The Bertz CT molecular complexity index is 482. The minimum absolute atomic E-state index is 0.0407. The third-order valence-corrected chi connectivity index (χ3v) is 2.79. The Balaban J connectivity index is 1.96. The summed E-state index contributed by atoms with van der Waals surface area (Å²) in [6.45, 7) is 2.43. The number of aryl methyl sites for hydroxylation is 1. The van der Waals surface area contributed by atoms with Crippen molar-refractivity contribution in [1.29, 1.82) is 0 Å². The first kappa shape index (κ1) is 12.6. The number of ether oxygens (including phenoxy) is 1. The second-order valence-corrected chi connectivity index (χ2v) is 4.25. The number of rotatable bonds is 3. The molecule has 0 fully saturated rings. The topological polar surface area (TPSA) is 50.9 Å². The second kappa shape index (κ2) is 5.18. The smallest absolute Gasteiger partial charge is 0.229 e. The van der Waals surface area contributed by atoms with Gasteiger partial charge in [-0.15, -0.1) is 0 Å². The number of aliphatic imine (C=N–C) groups is 1. The van der Waals surface area contributed by atoms with Gasteiger partial charge in [-0.25, -0.2) is 9.38 Å². The normalized spacial score (nSPS) is 19.5. The lowest BCUT2D eigenvalue weighted by Gasteiger charge is -2.29. The molecule has 0 amide bonds. The van der Waals surface area contributed by atoms with Crippen molar-refractivity contribution in [2.45, 2.75) is 19.9 Å². The summed E-state index contributed by atoms with van der Waals surface area (Å²) in [5, 5.41) is 0. The maximum Gasteiger partial charge on any atom is 0.229 e. The quantitative estimate of drug-likeness (QED) is 0.890. The van der Waals surface area contributed by atoms with Crippen LogP contribution in [0.25, 0.3) is 0 Å². The summed E-state index contributed by atoms with van der Waals surface area (Å²) < 4.78 is 18.7. The van der Waals surface area contributed by atoms with Crippen LogP contribution in [0.15, 0.2) is 40.9 Å². The first-order chi connectivity index (χ1) is 8.58. The highest BCUT2D eigenvalue weighted by molar-refractivity contribution is 5.77. The standard InChI is InChI=1S/C13H16FN3O/c1-9-3-5-10(6-4-9)8-18-13-16-7-11(14)12(15)17(13)2/h3-7,13H,8,15H2,1-2H3. The van der Waals surface area contributed by atoms with Crippen LogP contribution in [0, 0.1) is 6.92 Å². The molecule has 0 saturated heterocycles. The fraction of sp³-hybridized carbons (Fsp3) is 0.308. The number of hydrogen-bond acceptors (Lipinski definition) is 4. The fourth-order valence-electron chi connectivity index (χ4n) is 1.59. The molecular weight excluding hydrogens is 233 g/mol. The first-order valence-corrected chi connectivity index (χ1v) is 5.66. The van der Waals surface area contributed by atoms with Crippen molar-refractivity contribution in [3.05, 3.63) is 47.0 Å². The number of nitrogens with zero attached hydrogens (tertiary/aromatic N) is 2. The van der Waals surface area contributed by atoms with Crippen LogP contribution in [0.4, 0.5) is 4.39 Å². The van der Waals surface area contributed by atoms with E-state index in [1.54, 1.807) is 7.05 Å². The fourth-order valence-corrected chi connectivity index (χ4v) is 1.59. The van der Waals surface area contributed by atoms with E-state index in [0.29, 0.717) is 6.61 Å². The Morgan fingerprint density at radius 3 is 2.72 bits per heavy atom. The molecule has 0 bridgehead atoms. The van der Waals surface area contributed by atoms with Crippen LogP contribution in [0.5, 0.6) is 0 Å². The lowest BCUT2D eigenvalue weighted by atomic mass is 10.2. The molecule has 1 heterocycles. The van der Waals surface area contributed by atoms with Gasteiger partial charge in [0.25, 0.3) is 0 Å². The number of halogens is 1. The summed E-state index contributed by atoms with van der Waals surface area (Å²) in [5.74, 6) is -0.494. The zero-order valence-electron chi connectivity index (χ0n) is 10.4. The second-order valence-electron chi connectivity index (χ2n) is 4.25. The molecule has 1 atom stereocenters. The molecule has 0 aliphatic carbocycles. The highest BCUT2D eigenvalue weighted by atomic mass is 19.1. The summed E-state index contributed by atoms with van der Waals surface area (Å²) in [4.78, 5) is 5.40. The average Bonchev–Trinajstić information content (AvgIpc) is 2.37. The number of benzene rings is 1. The van der Waals surface area contributed by atoms with E-state index in [1.807, 2.05) is 31.2 Å². The van der Waals surface area contributed by atoms with Crippen molar-refractivity contribution in [2.24, 2.45) is 10.7 Å². The molecule has 0 aromatic heterocycles. The molecule has 0 saturated carbocycles. The largest absolute Gasteiger partial charge is 0.383 e. The van der Waals surface area contributed by atoms with Crippen molar-refractivity contribution >= 4 is 6.21 Å². The maximum atomic E-state index is 13.1. The first-order valence-electron chi connectivity index (χ1n) is 5.66. The van der Waals surface area contributed by atoms with Gasteiger partial charge in [0.2, 0.25) is 6.35 Å². The molecule has 1 aliphatic rings. The van der Waals surface area contributed by atoms with E-state index in [-0.39, 0.29) is 5.82 Å². The molecule has 1 unspecified atom stereocenters. The van der Waals surface area contributed by atoms with E-state index in [2.05, 4.69) is 4.99 Å². The number of allylic oxidation sites excluding steroid dienone is 1. The molecule has 1 aromatic carbocycles. The maximum absolute atomic E-state index is 13.1. The van der Waals surface area contributed by atoms with E-state index in [1.165, 1.54) is 10.5 Å².